The molecule has 1 aromatic carbocycles. The Morgan fingerprint density at radius 2 is 1.94 bits per heavy atom. The molecule has 1 heterocycles. The molecular formula is C12H15NO3. The van der Waals surface area contributed by atoms with Gasteiger partial charge in [-0.2, -0.15) is 0 Å². The van der Waals surface area contributed by atoms with Crippen LogP contribution < -0.4 is 0 Å². The molecule has 2 N–H and O–H groups in total. The van der Waals surface area contributed by atoms with Crippen LogP contribution in [0.3, 0.4) is 0 Å². The smallest absolute Gasteiger partial charge is 0.254 e. The largest absolute Gasteiger partial charge is 0.508 e. The van der Waals surface area contributed by atoms with Crippen molar-refractivity contribution in [1.82, 2.24) is 4.90 Å². The van der Waals surface area contributed by atoms with E-state index < -0.39 is 5.60 Å². The molecule has 4 nitrogen and oxygen atoms in total. The molecule has 1 aliphatic heterocycles. The predicted octanol–water partition coefficient (Wildman–Crippen LogP) is 0.989. The highest BCUT2D eigenvalue weighted by atomic mass is 16.3. The molecule has 1 aromatic rings. The third-order valence-electron chi connectivity index (χ3n) is 3.03. The lowest BCUT2D eigenvalue weighted by atomic mass is 9.90. The summed E-state index contributed by atoms with van der Waals surface area (Å²) < 4.78 is 0. The maximum Gasteiger partial charge on any atom is 0.254 e. The lowest BCUT2D eigenvalue weighted by molar-refractivity contribution is -0.0826. The molecule has 1 saturated heterocycles. The summed E-state index contributed by atoms with van der Waals surface area (Å²) in [6, 6.07) is 6.14. The Bertz CT molecular complexity index is 393. The van der Waals surface area contributed by atoms with E-state index in [4.69, 9.17) is 5.11 Å². The molecule has 0 bridgehead atoms. The number of hydrogen-bond acceptors (Lipinski definition) is 3. The van der Waals surface area contributed by atoms with Crippen molar-refractivity contribution in [3.05, 3.63) is 29.8 Å². The first kappa shape index (κ1) is 11.0. The molecule has 1 aliphatic rings. The van der Waals surface area contributed by atoms with Gasteiger partial charge in [0.2, 0.25) is 0 Å². The SMILES string of the molecule is CCC1(O)CN(C(=O)c2ccc(O)cc2)C1. The van der Waals surface area contributed by atoms with E-state index in [2.05, 4.69) is 0 Å². The summed E-state index contributed by atoms with van der Waals surface area (Å²) >= 11 is 0. The fourth-order valence-electron chi connectivity index (χ4n) is 1.82. The van der Waals surface area contributed by atoms with Gasteiger partial charge in [-0.3, -0.25) is 4.79 Å². The van der Waals surface area contributed by atoms with Gasteiger partial charge in [-0.15, -0.1) is 0 Å². The van der Waals surface area contributed by atoms with Crippen molar-refractivity contribution in [2.24, 2.45) is 0 Å². The number of aliphatic hydroxyl groups is 1. The molecule has 16 heavy (non-hydrogen) atoms. The van der Waals surface area contributed by atoms with Gasteiger partial charge in [0.15, 0.2) is 0 Å². The van der Waals surface area contributed by atoms with E-state index in [9.17, 15) is 9.90 Å². The summed E-state index contributed by atoms with van der Waals surface area (Å²) in [6.07, 6.45) is 0.659. The Labute approximate surface area is 94.1 Å². The maximum atomic E-state index is 11.9. The van der Waals surface area contributed by atoms with E-state index >= 15 is 0 Å². The van der Waals surface area contributed by atoms with Crippen molar-refractivity contribution in [2.75, 3.05) is 13.1 Å². The Kier molecular flexibility index (Phi) is 2.59. The molecule has 1 fully saturated rings. The fourth-order valence-corrected chi connectivity index (χ4v) is 1.82. The molecule has 0 unspecified atom stereocenters. The van der Waals surface area contributed by atoms with Gasteiger partial charge in [0.25, 0.3) is 5.91 Å². The van der Waals surface area contributed by atoms with Crippen molar-refractivity contribution >= 4 is 5.91 Å². The van der Waals surface area contributed by atoms with Gasteiger partial charge in [-0.25, -0.2) is 0 Å². The molecule has 0 aromatic heterocycles. The number of β-amino-alcohol motifs (C(OH)–C–C–N with tert-alkyl or cyclic N) is 1. The third-order valence-corrected chi connectivity index (χ3v) is 3.03. The van der Waals surface area contributed by atoms with Crippen LogP contribution in [0.15, 0.2) is 24.3 Å². The Balaban J connectivity index is 2.03. The standard InChI is InChI=1S/C12H15NO3/c1-2-12(16)7-13(8-12)11(15)9-3-5-10(14)6-4-9/h3-6,14,16H,2,7-8H2,1H3. The number of benzene rings is 1. The van der Waals surface area contributed by atoms with Gasteiger partial charge in [0.1, 0.15) is 5.75 Å². The number of phenols is 1. The second-order valence-corrected chi connectivity index (χ2v) is 4.29. The van der Waals surface area contributed by atoms with Gasteiger partial charge < -0.3 is 15.1 Å². The van der Waals surface area contributed by atoms with Gasteiger partial charge in [-0.05, 0) is 30.7 Å². The van der Waals surface area contributed by atoms with Crippen LogP contribution in [0.25, 0.3) is 0 Å². The number of carbonyl (C=O) groups is 1. The van der Waals surface area contributed by atoms with E-state index in [1.165, 1.54) is 12.1 Å². The maximum absolute atomic E-state index is 11.9. The summed E-state index contributed by atoms with van der Waals surface area (Å²) in [5.74, 6) is 0.0448. The average Bonchev–Trinajstić information content (AvgIpc) is 2.25. The van der Waals surface area contributed by atoms with Crippen LogP contribution in [0.4, 0.5) is 0 Å². The number of hydrogen-bond donors (Lipinski definition) is 2. The van der Waals surface area contributed by atoms with Gasteiger partial charge >= 0.3 is 0 Å². The summed E-state index contributed by atoms with van der Waals surface area (Å²) in [4.78, 5) is 13.5. The zero-order valence-corrected chi connectivity index (χ0v) is 9.18. The van der Waals surface area contributed by atoms with Crippen LogP contribution in [0.5, 0.6) is 5.75 Å². The lowest BCUT2D eigenvalue weighted by Crippen LogP contribution is -2.63. The topological polar surface area (TPSA) is 60.8 Å². The van der Waals surface area contributed by atoms with E-state index in [0.29, 0.717) is 25.1 Å². The Morgan fingerprint density at radius 1 is 1.38 bits per heavy atom. The predicted molar refractivity (Wildman–Crippen MR) is 59.3 cm³/mol. The number of amides is 1. The lowest BCUT2D eigenvalue weighted by Gasteiger charge is -2.46. The summed E-state index contributed by atoms with van der Waals surface area (Å²) in [5.41, 5.74) is -0.164. The molecule has 86 valence electrons. The highest BCUT2D eigenvalue weighted by molar-refractivity contribution is 5.95. The summed E-state index contributed by atoms with van der Waals surface area (Å²) in [5, 5.41) is 18.9. The summed E-state index contributed by atoms with van der Waals surface area (Å²) in [7, 11) is 0. The zero-order chi connectivity index (χ0) is 11.8. The number of rotatable bonds is 2. The second kappa shape index (κ2) is 3.79. The Morgan fingerprint density at radius 3 is 2.44 bits per heavy atom. The minimum absolute atomic E-state index is 0.0990. The van der Waals surface area contributed by atoms with Crippen molar-refractivity contribution in [3.63, 3.8) is 0 Å². The Hall–Kier alpha value is -1.55. The molecule has 0 radical (unpaired) electrons. The van der Waals surface area contributed by atoms with Crippen LogP contribution in [0, 0.1) is 0 Å². The highest BCUT2D eigenvalue weighted by Crippen LogP contribution is 2.26. The number of phenolic OH excluding ortho intramolecular Hbond substituents is 1. The zero-order valence-electron chi connectivity index (χ0n) is 9.18. The van der Waals surface area contributed by atoms with Crippen molar-refractivity contribution in [2.45, 2.75) is 18.9 Å². The first-order valence-electron chi connectivity index (χ1n) is 5.35. The number of likely N-dealkylation sites (tertiary alicyclic amines) is 1. The van der Waals surface area contributed by atoms with E-state index in [-0.39, 0.29) is 11.7 Å². The van der Waals surface area contributed by atoms with Crippen LogP contribution in [0.1, 0.15) is 23.7 Å². The average molecular weight is 221 g/mol. The molecule has 0 saturated carbocycles. The number of carbonyl (C=O) groups excluding carboxylic acids is 1. The molecule has 1 amide bonds. The van der Waals surface area contributed by atoms with Crippen molar-refractivity contribution in [1.29, 1.82) is 0 Å². The third kappa shape index (κ3) is 1.88. The van der Waals surface area contributed by atoms with Crippen LogP contribution in [-0.4, -0.2) is 39.7 Å². The molecule has 2 rings (SSSR count). The minimum Gasteiger partial charge on any atom is -0.508 e. The van der Waals surface area contributed by atoms with Gasteiger partial charge in [-0.1, -0.05) is 6.92 Å². The quantitative estimate of drug-likeness (QED) is 0.783. The number of nitrogens with zero attached hydrogens (tertiary/aromatic N) is 1. The van der Waals surface area contributed by atoms with Crippen molar-refractivity contribution < 1.29 is 15.0 Å². The first-order valence-corrected chi connectivity index (χ1v) is 5.35. The molecule has 0 spiro atoms. The monoisotopic (exact) mass is 221 g/mol. The first-order chi connectivity index (χ1) is 7.54. The van der Waals surface area contributed by atoms with Gasteiger partial charge in [0, 0.05) is 5.56 Å². The van der Waals surface area contributed by atoms with E-state index in [1.54, 1.807) is 17.0 Å². The minimum atomic E-state index is -0.702. The highest BCUT2D eigenvalue weighted by Gasteiger charge is 2.42. The molecule has 4 heteroatoms. The number of aromatic hydroxyl groups is 1. The van der Waals surface area contributed by atoms with Gasteiger partial charge in [0.05, 0.1) is 18.7 Å². The summed E-state index contributed by atoms with van der Waals surface area (Å²) in [6.45, 7) is 2.69. The molecular weight excluding hydrogens is 206 g/mol. The fraction of sp³-hybridized carbons (Fsp3) is 0.417. The van der Waals surface area contributed by atoms with E-state index in [0.717, 1.165) is 0 Å². The van der Waals surface area contributed by atoms with Crippen LogP contribution in [-0.2, 0) is 0 Å². The molecule has 0 aliphatic carbocycles. The van der Waals surface area contributed by atoms with Crippen LogP contribution in [0.2, 0.25) is 0 Å². The normalized spacial score (nSPS) is 18.0. The van der Waals surface area contributed by atoms with Crippen molar-refractivity contribution in [3.8, 4) is 5.75 Å². The molecule has 0 atom stereocenters. The van der Waals surface area contributed by atoms with Crippen LogP contribution >= 0.6 is 0 Å². The van der Waals surface area contributed by atoms with E-state index in [1.807, 2.05) is 6.92 Å². The second-order valence-electron chi connectivity index (χ2n) is 4.29.